The van der Waals surface area contributed by atoms with Gasteiger partial charge >= 0.3 is 63.5 Å². The first-order valence-electron chi connectivity index (χ1n) is 2.22. The molecule has 0 aliphatic rings. The summed E-state index contributed by atoms with van der Waals surface area (Å²) < 4.78 is 54.8. The van der Waals surface area contributed by atoms with E-state index in [0.717, 1.165) is 4.72 Å². The minimum absolute atomic E-state index is 0. The van der Waals surface area contributed by atoms with Crippen LogP contribution in [-0.4, -0.2) is 78.1 Å². The van der Waals surface area contributed by atoms with E-state index in [0.29, 0.717) is 6.26 Å². The molecule has 0 saturated heterocycles. The maximum absolute atomic E-state index is 11.3. The van der Waals surface area contributed by atoms with Gasteiger partial charge in [0.25, 0.3) is 0 Å². The fraction of sp³-hybridized carbons (Fsp3) is 0.667. The molecule has 0 aliphatic heterocycles. The first-order chi connectivity index (χ1) is 4.63. The monoisotopic (exact) mass is 231 g/mol. The van der Waals surface area contributed by atoms with E-state index in [9.17, 15) is 26.4 Å². The Kier molecular flexibility index (Phi) is 6.27. The van der Waals surface area contributed by atoms with Crippen molar-refractivity contribution in [2.24, 2.45) is 0 Å². The van der Waals surface area contributed by atoms with Crippen molar-refractivity contribution in [1.82, 2.24) is 4.72 Å². The van der Waals surface area contributed by atoms with E-state index in [-0.39, 0.29) is 51.4 Å². The minimum atomic E-state index is -5.16. The van der Waals surface area contributed by atoms with Crippen LogP contribution in [0.25, 0.3) is 0 Å². The molecule has 1 amide bonds. The van der Waals surface area contributed by atoms with Gasteiger partial charge in [-0.3, -0.25) is 4.79 Å². The standard InChI is InChI=1S/C3H4F3NO3S.K.H/c1-11(9,10)7-2(8)3(4,5)6;;/h1H3,(H,7,8);;. The number of alkyl halides is 3. The van der Waals surface area contributed by atoms with Crippen molar-refractivity contribution >= 4 is 67.3 Å². The van der Waals surface area contributed by atoms with Crippen LogP contribution in [0.1, 0.15) is 0 Å². The molecule has 0 atom stereocenters. The first kappa shape index (κ1) is 15.3. The topological polar surface area (TPSA) is 63.2 Å². The second kappa shape index (κ2) is 4.91. The maximum atomic E-state index is 11.3. The van der Waals surface area contributed by atoms with Gasteiger partial charge in [0.2, 0.25) is 10.0 Å². The van der Waals surface area contributed by atoms with Crippen molar-refractivity contribution in [1.29, 1.82) is 0 Å². The summed E-state index contributed by atoms with van der Waals surface area (Å²) in [6.45, 7) is 0. The van der Waals surface area contributed by atoms with Crippen LogP contribution in [0.4, 0.5) is 13.2 Å². The molecule has 0 heterocycles. The fourth-order valence-electron chi connectivity index (χ4n) is 0.226. The molecule has 0 aliphatic carbocycles. The number of rotatable bonds is 1. The van der Waals surface area contributed by atoms with E-state index >= 15 is 0 Å². The first-order valence-corrected chi connectivity index (χ1v) is 4.11. The Morgan fingerprint density at radius 2 is 1.67 bits per heavy atom. The summed E-state index contributed by atoms with van der Waals surface area (Å²) in [6.07, 6.45) is -4.71. The summed E-state index contributed by atoms with van der Waals surface area (Å²) in [4.78, 5) is 9.86. The van der Waals surface area contributed by atoms with Crippen LogP contribution in [0.5, 0.6) is 0 Å². The molecule has 1 N–H and O–H groups in total. The number of halogens is 3. The average molecular weight is 231 g/mol. The Balaban J connectivity index is 0. The van der Waals surface area contributed by atoms with Crippen LogP contribution >= 0.6 is 0 Å². The Bertz CT molecular complexity index is 258. The molecule has 0 aromatic heterocycles. The van der Waals surface area contributed by atoms with Gasteiger partial charge in [0, 0.05) is 0 Å². The van der Waals surface area contributed by atoms with Gasteiger partial charge < -0.3 is 0 Å². The predicted octanol–water partition coefficient (Wildman–Crippen LogP) is -1.02. The molecule has 9 heteroatoms. The Morgan fingerprint density at radius 3 is 1.75 bits per heavy atom. The van der Waals surface area contributed by atoms with Gasteiger partial charge in [-0.05, 0) is 0 Å². The van der Waals surface area contributed by atoms with Gasteiger partial charge in [0.05, 0.1) is 6.26 Å². The molecule has 0 aromatic carbocycles. The predicted molar refractivity (Wildman–Crippen MR) is 36.2 cm³/mol. The van der Waals surface area contributed by atoms with Crippen molar-refractivity contribution in [3.05, 3.63) is 0 Å². The van der Waals surface area contributed by atoms with Crippen LogP contribution in [-0.2, 0) is 14.8 Å². The summed E-state index contributed by atoms with van der Waals surface area (Å²) >= 11 is 0. The number of carbonyl (C=O) groups is 1. The normalized spacial score (nSPS) is 11.7. The van der Waals surface area contributed by atoms with Gasteiger partial charge in [-0.2, -0.15) is 13.2 Å². The van der Waals surface area contributed by atoms with Gasteiger partial charge in [0.1, 0.15) is 0 Å². The summed E-state index contributed by atoms with van der Waals surface area (Å²) in [5.74, 6) is -2.49. The SMILES string of the molecule is CS(=O)(=O)NC(=O)C(F)(F)F.[KH]. The van der Waals surface area contributed by atoms with Gasteiger partial charge in [-0.1, -0.05) is 0 Å². The van der Waals surface area contributed by atoms with E-state index in [4.69, 9.17) is 0 Å². The van der Waals surface area contributed by atoms with Crippen molar-refractivity contribution in [2.75, 3.05) is 6.26 Å². The third-order valence-electron chi connectivity index (χ3n) is 0.536. The number of carbonyl (C=O) groups excluding carboxylic acids is 1. The number of amides is 1. The van der Waals surface area contributed by atoms with Gasteiger partial charge in [-0.25, -0.2) is 13.1 Å². The number of nitrogens with one attached hydrogen (secondary N) is 1. The summed E-state index contributed by atoms with van der Waals surface area (Å²) in [5.41, 5.74) is 0. The van der Waals surface area contributed by atoms with Crippen molar-refractivity contribution < 1.29 is 26.4 Å². The number of hydrogen-bond donors (Lipinski definition) is 1. The molecule has 4 nitrogen and oxygen atoms in total. The fourth-order valence-corrected chi connectivity index (χ4v) is 0.679. The second-order valence-corrected chi connectivity index (χ2v) is 3.45. The van der Waals surface area contributed by atoms with Crippen LogP contribution in [0, 0.1) is 0 Å². The quantitative estimate of drug-likeness (QED) is 0.587. The molecule has 0 spiro atoms. The average Bonchev–Trinajstić information content (AvgIpc) is 1.56. The zero-order valence-corrected chi connectivity index (χ0v) is 6.08. The molecule has 68 valence electrons. The Hall–Kier alpha value is 0.846. The summed E-state index contributed by atoms with van der Waals surface area (Å²) in [7, 11) is -4.13. The Labute approximate surface area is 109 Å². The van der Waals surface area contributed by atoms with E-state index < -0.39 is 22.1 Å². The van der Waals surface area contributed by atoms with E-state index in [1.807, 2.05) is 0 Å². The van der Waals surface area contributed by atoms with Crippen molar-refractivity contribution in [3.8, 4) is 0 Å². The van der Waals surface area contributed by atoms with E-state index in [1.165, 1.54) is 0 Å². The number of hydrogen-bond acceptors (Lipinski definition) is 3. The molecule has 0 aromatic rings. The van der Waals surface area contributed by atoms with Gasteiger partial charge in [0.15, 0.2) is 0 Å². The van der Waals surface area contributed by atoms with Crippen LogP contribution < -0.4 is 4.72 Å². The van der Waals surface area contributed by atoms with Crippen LogP contribution in [0.2, 0.25) is 0 Å². The Morgan fingerprint density at radius 1 is 1.33 bits per heavy atom. The zero-order chi connectivity index (χ0) is 9.28. The molecule has 0 unspecified atom stereocenters. The number of sulfonamides is 1. The van der Waals surface area contributed by atoms with E-state index in [2.05, 4.69) is 0 Å². The summed E-state index contributed by atoms with van der Waals surface area (Å²) in [6, 6.07) is 0. The summed E-state index contributed by atoms with van der Waals surface area (Å²) in [5, 5.41) is 0. The van der Waals surface area contributed by atoms with Crippen LogP contribution in [0.3, 0.4) is 0 Å². The molecule has 0 bridgehead atoms. The second-order valence-electron chi connectivity index (χ2n) is 1.70. The molecule has 0 rings (SSSR count). The van der Waals surface area contributed by atoms with Gasteiger partial charge in [-0.15, -0.1) is 0 Å². The molecule has 0 fully saturated rings. The molecule has 12 heavy (non-hydrogen) atoms. The van der Waals surface area contributed by atoms with Crippen molar-refractivity contribution in [2.45, 2.75) is 6.18 Å². The van der Waals surface area contributed by atoms with Crippen molar-refractivity contribution in [3.63, 3.8) is 0 Å². The molecule has 0 saturated carbocycles. The molecular formula is C3H5F3KNO3S. The zero-order valence-electron chi connectivity index (χ0n) is 5.27. The third kappa shape index (κ3) is 7.49. The van der Waals surface area contributed by atoms with Crippen LogP contribution in [0.15, 0.2) is 0 Å². The van der Waals surface area contributed by atoms with E-state index in [1.54, 1.807) is 0 Å². The molecule has 0 radical (unpaired) electrons. The third-order valence-corrected chi connectivity index (χ3v) is 1.09. The molecular weight excluding hydrogens is 226 g/mol.